The van der Waals surface area contributed by atoms with Crippen LogP contribution in [-0.2, 0) is 11.3 Å². The Hall–Kier alpha value is -0.910. The van der Waals surface area contributed by atoms with Crippen molar-refractivity contribution in [3.05, 3.63) is 21.9 Å². The Labute approximate surface area is 106 Å². The van der Waals surface area contributed by atoms with Gasteiger partial charge in [-0.25, -0.2) is 4.79 Å². The lowest BCUT2D eigenvalue weighted by atomic mass is 10.3. The summed E-state index contributed by atoms with van der Waals surface area (Å²) >= 11 is 1.48. The van der Waals surface area contributed by atoms with Crippen LogP contribution >= 0.6 is 11.3 Å². The van der Waals surface area contributed by atoms with Crippen molar-refractivity contribution in [3.8, 4) is 0 Å². The molecule has 0 amide bonds. The van der Waals surface area contributed by atoms with E-state index in [-0.39, 0.29) is 0 Å². The normalized spacial score (nSPS) is 10.6. The summed E-state index contributed by atoms with van der Waals surface area (Å²) in [5, 5.41) is 13.7. The van der Waals surface area contributed by atoms with E-state index in [2.05, 4.69) is 12.2 Å². The smallest absolute Gasteiger partial charge is 0.336 e. The number of rotatable bonds is 9. The summed E-state index contributed by atoms with van der Waals surface area (Å²) in [6, 6.07) is 1.72. The van der Waals surface area contributed by atoms with Gasteiger partial charge in [-0.05, 0) is 25.5 Å². The third-order valence-corrected chi connectivity index (χ3v) is 3.13. The van der Waals surface area contributed by atoms with Gasteiger partial charge in [0.05, 0.1) is 5.56 Å². The first-order chi connectivity index (χ1) is 8.24. The molecule has 96 valence electrons. The molecule has 1 aromatic rings. The van der Waals surface area contributed by atoms with Crippen molar-refractivity contribution in [3.63, 3.8) is 0 Å². The Kier molecular flexibility index (Phi) is 6.84. The van der Waals surface area contributed by atoms with Gasteiger partial charge < -0.3 is 15.2 Å². The van der Waals surface area contributed by atoms with Gasteiger partial charge in [0.15, 0.2) is 0 Å². The summed E-state index contributed by atoms with van der Waals surface area (Å²) in [7, 11) is 0. The van der Waals surface area contributed by atoms with Gasteiger partial charge in [-0.2, -0.15) is 0 Å². The fourth-order valence-electron chi connectivity index (χ4n) is 1.34. The minimum Gasteiger partial charge on any atom is -0.478 e. The maximum absolute atomic E-state index is 10.7. The highest BCUT2D eigenvalue weighted by atomic mass is 32.1. The standard InChI is InChI=1S/C12H19NO3S/c1-2-5-16-6-3-4-13-8-11-7-10(9-17-11)12(14)15/h7,9,13H,2-6,8H2,1H3,(H,14,15). The zero-order chi connectivity index (χ0) is 12.5. The van der Waals surface area contributed by atoms with Gasteiger partial charge in [0.1, 0.15) is 0 Å². The van der Waals surface area contributed by atoms with E-state index in [1.54, 1.807) is 11.4 Å². The van der Waals surface area contributed by atoms with E-state index in [9.17, 15) is 4.79 Å². The average Bonchev–Trinajstić information content (AvgIpc) is 2.77. The SMILES string of the molecule is CCCOCCCNCc1cc(C(=O)O)cs1. The molecule has 0 saturated carbocycles. The zero-order valence-electron chi connectivity index (χ0n) is 10.1. The van der Waals surface area contributed by atoms with E-state index in [1.165, 1.54) is 11.3 Å². The number of hydrogen-bond acceptors (Lipinski definition) is 4. The number of ether oxygens (including phenoxy) is 1. The fraction of sp³-hybridized carbons (Fsp3) is 0.583. The van der Waals surface area contributed by atoms with Gasteiger partial charge in [0.25, 0.3) is 0 Å². The van der Waals surface area contributed by atoms with Crippen molar-refractivity contribution in [2.24, 2.45) is 0 Å². The molecule has 0 aliphatic carbocycles. The Morgan fingerprint density at radius 2 is 2.35 bits per heavy atom. The summed E-state index contributed by atoms with van der Waals surface area (Å²) in [5.74, 6) is -0.861. The summed E-state index contributed by atoms with van der Waals surface area (Å²) in [5.41, 5.74) is 0.373. The fourth-order valence-corrected chi connectivity index (χ4v) is 2.17. The molecule has 0 bridgehead atoms. The monoisotopic (exact) mass is 257 g/mol. The molecular formula is C12H19NO3S. The van der Waals surface area contributed by atoms with Crippen molar-refractivity contribution >= 4 is 17.3 Å². The summed E-state index contributed by atoms with van der Waals surface area (Å²) in [6.45, 7) is 5.32. The molecule has 0 unspecified atom stereocenters. The Balaban J connectivity index is 2.07. The minimum absolute atomic E-state index is 0.373. The van der Waals surface area contributed by atoms with Crippen LogP contribution in [0.1, 0.15) is 35.0 Å². The van der Waals surface area contributed by atoms with Gasteiger partial charge in [0.2, 0.25) is 0 Å². The molecule has 0 fully saturated rings. The Bertz CT molecular complexity index is 338. The quantitative estimate of drug-likeness (QED) is 0.667. The van der Waals surface area contributed by atoms with E-state index in [0.29, 0.717) is 5.56 Å². The Morgan fingerprint density at radius 1 is 1.53 bits per heavy atom. The number of carboxylic acid groups (broad SMARTS) is 1. The van der Waals surface area contributed by atoms with Crippen LogP contribution < -0.4 is 5.32 Å². The van der Waals surface area contributed by atoms with E-state index in [4.69, 9.17) is 9.84 Å². The highest BCUT2D eigenvalue weighted by Gasteiger charge is 2.05. The molecule has 0 saturated heterocycles. The predicted molar refractivity (Wildman–Crippen MR) is 68.7 cm³/mol. The summed E-state index contributed by atoms with van der Waals surface area (Å²) in [4.78, 5) is 11.7. The third-order valence-electron chi connectivity index (χ3n) is 2.19. The molecule has 0 aromatic carbocycles. The Morgan fingerprint density at radius 3 is 3.00 bits per heavy atom. The molecule has 5 heteroatoms. The van der Waals surface area contributed by atoms with E-state index < -0.39 is 5.97 Å². The van der Waals surface area contributed by atoms with E-state index in [0.717, 1.165) is 44.0 Å². The van der Waals surface area contributed by atoms with Gasteiger partial charge in [-0.15, -0.1) is 11.3 Å². The van der Waals surface area contributed by atoms with Crippen molar-refractivity contribution in [1.29, 1.82) is 0 Å². The molecule has 17 heavy (non-hydrogen) atoms. The third kappa shape index (κ3) is 5.81. The number of hydrogen-bond donors (Lipinski definition) is 2. The maximum Gasteiger partial charge on any atom is 0.336 e. The predicted octanol–water partition coefficient (Wildman–Crippen LogP) is 2.35. The molecule has 0 aliphatic heterocycles. The molecule has 4 nitrogen and oxygen atoms in total. The molecule has 1 heterocycles. The second-order valence-electron chi connectivity index (χ2n) is 3.75. The molecule has 1 rings (SSSR count). The molecule has 2 N–H and O–H groups in total. The topological polar surface area (TPSA) is 58.6 Å². The van der Waals surface area contributed by atoms with Crippen LogP contribution in [0.3, 0.4) is 0 Å². The zero-order valence-corrected chi connectivity index (χ0v) is 10.9. The maximum atomic E-state index is 10.7. The van der Waals surface area contributed by atoms with E-state index in [1.807, 2.05) is 0 Å². The van der Waals surface area contributed by atoms with Crippen LogP contribution in [0.2, 0.25) is 0 Å². The average molecular weight is 257 g/mol. The lowest BCUT2D eigenvalue weighted by Crippen LogP contribution is -2.15. The van der Waals surface area contributed by atoms with Crippen LogP contribution in [0.5, 0.6) is 0 Å². The highest BCUT2D eigenvalue weighted by Crippen LogP contribution is 2.14. The van der Waals surface area contributed by atoms with Crippen LogP contribution in [0, 0.1) is 0 Å². The van der Waals surface area contributed by atoms with Crippen LogP contribution in [0.15, 0.2) is 11.4 Å². The van der Waals surface area contributed by atoms with Crippen LogP contribution in [0.4, 0.5) is 0 Å². The molecule has 1 aromatic heterocycles. The largest absolute Gasteiger partial charge is 0.478 e. The van der Waals surface area contributed by atoms with Crippen molar-refractivity contribution in [2.45, 2.75) is 26.3 Å². The van der Waals surface area contributed by atoms with Gasteiger partial charge in [-0.3, -0.25) is 0 Å². The van der Waals surface area contributed by atoms with Gasteiger partial charge in [0, 0.05) is 30.0 Å². The lowest BCUT2D eigenvalue weighted by molar-refractivity contribution is 0.0697. The van der Waals surface area contributed by atoms with Crippen LogP contribution in [-0.4, -0.2) is 30.8 Å². The van der Waals surface area contributed by atoms with Crippen molar-refractivity contribution < 1.29 is 14.6 Å². The highest BCUT2D eigenvalue weighted by molar-refractivity contribution is 7.10. The molecule has 0 radical (unpaired) electrons. The number of carbonyl (C=O) groups is 1. The number of carboxylic acids is 1. The lowest BCUT2D eigenvalue weighted by Gasteiger charge is -2.03. The number of aromatic carboxylic acids is 1. The van der Waals surface area contributed by atoms with Crippen LogP contribution in [0.25, 0.3) is 0 Å². The molecule has 0 spiro atoms. The molecule has 0 atom stereocenters. The van der Waals surface area contributed by atoms with Crippen molar-refractivity contribution in [2.75, 3.05) is 19.8 Å². The van der Waals surface area contributed by atoms with Gasteiger partial charge in [-0.1, -0.05) is 6.92 Å². The van der Waals surface area contributed by atoms with Gasteiger partial charge >= 0.3 is 5.97 Å². The van der Waals surface area contributed by atoms with Crippen molar-refractivity contribution in [1.82, 2.24) is 5.32 Å². The minimum atomic E-state index is -0.861. The number of thiophene rings is 1. The second kappa shape index (κ2) is 8.22. The first-order valence-electron chi connectivity index (χ1n) is 5.83. The number of nitrogens with one attached hydrogen (secondary N) is 1. The first-order valence-corrected chi connectivity index (χ1v) is 6.71. The first kappa shape index (κ1) is 14.2. The summed E-state index contributed by atoms with van der Waals surface area (Å²) in [6.07, 6.45) is 2.04. The second-order valence-corrected chi connectivity index (χ2v) is 4.75. The summed E-state index contributed by atoms with van der Waals surface area (Å²) < 4.78 is 5.36. The molecular weight excluding hydrogens is 238 g/mol. The van der Waals surface area contributed by atoms with E-state index >= 15 is 0 Å². The molecule has 0 aliphatic rings.